The number of sulfonamides is 1. The van der Waals surface area contributed by atoms with Crippen LogP contribution in [0, 0.1) is 11.8 Å². The normalized spacial score (nSPS) is 19.3. The molecule has 4 atom stereocenters. The van der Waals surface area contributed by atoms with Crippen LogP contribution in [0.1, 0.15) is 86.6 Å². The molecule has 49 heavy (non-hydrogen) atoms. The molecule has 1 saturated heterocycles. The van der Waals surface area contributed by atoms with Gasteiger partial charge in [-0.3, -0.25) is 19.7 Å². The fourth-order valence-electron chi connectivity index (χ4n) is 6.09. The van der Waals surface area contributed by atoms with Crippen molar-refractivity contribution in [2.75, 3.05) is 12.8 Å². The average Bonchev–Trinajstić information content (AvgIpc) is 3.42. The maximum absolute atomic E-state index is 15.3. The Bertz CT molecular complexity index is 1630. The van der Waals surface area contributed by atoms with Gasteiger partial charge in [0.05, 0.1) is 12.8 Å². The van der Waals surface area contributed by atoms with Gasteiger partial charge in [0.15, 0.2) is 0 Å². The van der Waals surface area contributed by atoms with Crippen LogP contribution in [0.15, 0.2) is 54.6 Å². The second-order valence-corrected chi connectivity index (χ2v) is 15.2. The summed E-state index contributed by atoms with van der Waals surface area (Å²) >= 11 is 0. The van der Waals surface area contributed by atoms with Crippen LogP contribution in [0.2, 0.25) is 0 Å². The van der Waals surface area contributed by atoms with Gasteiger partial charge in [0.25, 0.3) is 11.8 Å². The van der Waals surface area contributed by atoms with E-state index in [0.717, 1.165) is 11.8 Å². The van der Waals surface area contributed by atoms with Crippen LogP contribution in [-0.2, 0) is 26.0 Å². The molecule has 268 valence electrons. The molecule has 3 rings (SSSR count). The largest absolute Gasteiger partial charge is 0.424 e. The van der Waals surface area contributed by atoms with Crippen LogP contribution in [0.4, 0.5) is 13.6 Å². The number of Topliss-reactive ketones (excluding diaryl/α,β-unsaturated/α-hetero) is 1. The van der Waals surface area contributed by atoms with Crippen molar-refractivity contribution in [1.82, 2.24) is 15.4 Å². The second-order valence-electron chi connectivity index (χ2n) is 13.5. The summed E-state index contributed by atoms with van der Waals surface area (Å²) in [6.07, 6.45) is 1.51. The van der Waals surface area contributed by atoms with E-state index in [1.54, 1.807) is 34.6 Å². The number of benzene rings is 2. The number of amides is 5. The number of likely N-dealkylation sites (tertiary alicyclic amines) is 1. The molecule has 14 heteroatoms. The van der Waals surface area contributed by atoms with E-state index >= 15 is 8.78 Å². The molecule has 0 bridgehead atoms. The summed E-state index contributed by atoms with van der Waals surface area (Å²) in [7, 11) is -3.80. The first-order valence-corrected chi connectivity index (χ1v) is 18.3. The summed E-state index contributed by atoms with van der Waals surface area (Å²) < 4.78 is 54.4. The van der Waals surface area contributed by atoms with Crippen molar-refractivity contribution < 1.29 is 45.7 Å². The zero-order valence-corrected chi connectivity index (χ0v) is 29.6. The molecule has 0 radical (unpaired) electrons. The first-order valence-electron chi connectivity index (χ1n) is 16.4. The fraction of sp³-hybridized carbons (Fsp3) is 0.514. The molecular weight excluding hydrogens is 658 g/mol. The Hall–Kier alpha value is -4.04. The number of nitrogens with one attached hydrogen (secondary N) is 3. The number of quaternary nitrogens is 1. The number of hydrogen-bond donors (Lipinski definition) is 3. The molecule has 1 fully saturated rings. The van der Waals surface area contributed by atoms with Crippen molar-refractivity contribution in [2.45, 2.75) is 90.8 Å². The number of nitrogens with zero attached hydrogens (tertiary/aromatic N) is 1. The Morgan fingerprint density at radius 3 is 1.90 bits per heavy atom. The quantitative estimate of drug-likeness (QED) is 0.242. The van der Waals surface area contributed by atoms with Gasteiger partial charge < -0.3 is 5.32 Å². The minimum atomic E-state index is -3.80. The molecule has 11 nitrogen and oxygen atoms in total. The van der Waals surface area contributed by atoms with E-state index in [-0.39, 0.29) is 24.1 Å². The average molecular weight is 706 g/mol. The Morgan fingerprint density at radius 2 is 1.41 bits per heavy atom. The minimum absolute atomic E-state index is 0.0124. The molecule has 2 aromatic rings. The van der Waals surface area contributed by atoms with E-state index in [0.29, 0.717) is 19.3 Å². The third-order valence-corrected chi connectivity index (χ3v) is 9.49. The SMILES string of the molecule is CC(C)C(NC(=O)[N+]1(C(=O)[C@@H](NC(=O)c2ccc(C(=O)NS(C)(=O)=O)cc2)C(C)C)CCC[C@H]1C)C(=O)C(F)(F)CCCc1ccccc1. The Balaban J connectivity index is 1.81. The summed E-state index contributed by atoms with van der Waals surface area (Å²) in [6.45, 7) is 8.24. The number of urea groups is 1. The lowest BCUT2D eigenvalue weighted by molar-refractivity contribution is -0.786. The summed E-state index contributed by atoms with van der Waals surface area (Å²) in [5.74, 6) is -8.52. The molecule has 0 saturated carbocycles. The van der Waals surface area contributed by atoms with E-state index in [9.17, 15) is 32.4 Å². The zero-order chi connectivity index (χ0) is 36.7. The van der Waals surface area contributed by atoms with Crippen molar-refractivity contribution in [1.29, 1.82) is 0 Å². The molecule has 1 aliphatic heterocycles. The van der Waals surface area contributed by atoms with Crippen LogP contribution in [0.3, 0.4) is 0 Å². The molecule has 2 unspecified atom stereocenters. The number of carbonyl (C=O) groups is 5. The first-order chi connectivity index (χ1) is 22.8. The zero-order valence-electron chi connectivity index (χ0n) is 28.8. The van der Waals surface area contributed by atoms with Gasteiger partial charge in [0.1, 0.15) is 18.1 Å². The van der Waals surface area contributed by atoms with Gasteiger partial charge in [-0.2, -0.15) is 13.3 Å². The number of rotatable bonds is 14. The number of carbonyl (C=O) groups excluding carboxylic acids is 5. The number of hydrogen-bond acceptors (Lipinski definition) is 7. The molecule has 1 aliphatic rings. The van der Waals surface area contributed by atoms with Crippen LogP contribution >= 0.6 is 0 Å². The summed E-state index contributed by atoms with van der Waals surface area (Å²) in [5, 5.41) is 5.21. The van der Waals surface area contributed by atoms with E-state index in [1.165, 1.54) is 24.3 Å². The molecule has 0 aromatic heterocycles. The molecule has 3 N–H and O–H groups in total. The van der Waals surface area contributed by atoms with Gasteiger partial charge in [0.2, 0.25) is 15.8 Å². The number of halogens is 2. The topological polar surface area (TPSA) is 156 Å². The van der Waals surface area contributed by atoms with Crippen LogP contribution in [0.25, 0.3) is 0 Å². The van der Waals surface area contributed by atoms with Gasteiger partial charge in [-0.05, 0) is 61.4 Å². The van der Waals surface area contributed by atoms with Crippen LogP contribution in [-0.4, -0.2) is 79.3 Å². The van der Waals surface area contributed by atoms with Gasteiger partial charge >= 0.3 is 17.9 Å². The highest BCUT2D eigenvalue weighted by Gasteiger charge is 2.57. The van der Waals surface area contributed by atoms with Gasteiger partial charge in [0, 0.05) is 30.4 Å². The van der Waals surface area contributed by atoms with Crippen molar-refractivity contribution in [3.63, 3.8) is 0 Å². The molecule has 2 aromatic carbocycles. The predicted molar refractivity (Wildman–Crippen MR) is 180 cm³/mol. The minimum Gasteiger partial charge on any atom is -0.336 e. The monoisotopic (exact) mass is 705 g/mol. The lowest BCUT2D eigenvalue weighted by Crippen LogP contribution is -2.70. The summed E-state index contributed by atoms with van der Waals surface area (Å²) in [5.41, 5.74) is 0.926. The maximum atomic E-state index is 15.3. The van der Waals surface area contributed by atoms with E-state index in [1.807, 2.05) is 35.1 Å². The summed E-state index contributed by atoms with van der Waals surface area (Å²) in [6, 6.07) is 10.0. The lowest BCUT2D eigenvalue weighted by atomic mass is 9.93. The number of ketones is 1. The van der Waals surface area contributed by atoms with Crippen LogP contribution < -0.4 is 15.4 Å². The molecule has 1 heterocycles. The fourth-order valence-corrected chi connectivity index (χ4v) is 6.54. The highest BCUT2D eigenvalue weighted by molar-refractivity contribution is 7.89. The number of aryl methyl sites for hydroxylation is 1. The molecule has 5 amide bonds. The number of alkyl halides is 2. The van der Waals surface area contributed by atoms with Crippen molar-refractivity contribution in [3.8, 4) is 0 Å². The van der Waals surface area contributed by atoms with E-state index in [4.69, 9.17) is 0 Å². The molecule has 0 aliphatic carbocycles. The second kappa shape index (κ2) is 16.1. The summed E-state index contributed by atoms with van der Waals surface area (Å²) in [4.78, 5) is 67.2. The van der Waals surface area contributed by atoms with Gasteiger partial charge in [-0.25, -0.2) is 22.7 Å². The van der Waals surface area contributed by atoms with E-state index in [2.05, 4.69) is 10.6 Å². The highest BCUT2D eigenvalue weighted by atomic mass is 32.2. The van der Waals surface area contributed by atoms with E-state index < -0.39 is 86.3 Å². The van der Waals surface area contributed by atoms with Gasteiger partial charge in [-0.15, -0.1) is 0 Å². The smallest absolute Gasteiger partial charge is 0.336 e. The Labute approximate surface area is 286 Å². The van der Waals surface area contributed by atoms with Crippen molar-refractivity contribution in [3.05, 3.63) is 71.3 Å². The lowest BCUT2D eigenvalue weighted by Gasteiger charge is -2.38. The molecule has 0 spiro atoms. The van der Waals surface area contributed by atoms with Crippen molar-refractivity contribution >= 4 is 39.6 Å². The Morgan fingerprint density at radius 1 is 0.857 bits per heavy atom. The standard InChI is InChI=1S/C35H46F2N4O7S/c1-22(2)28(30(42)35(36,37)20-10-15-25-13-8-7-9-14-25)39-34(46)41(21-11-12-24(41)5)33(45)29(23(3)4)38-31(43)26-16-18-27(19-17-26)32(44)40-49(6,47)48/h7-9,13-14,16-19,22-24,28-29H,10-12,15,20-21H2,1-6H3,(H2-,38,39,40,43,44,46)/p+1/t24-,28?,29+,41?/m1/s1. The maximum Gasteiger partial charge on any atom is 0.424 e. The third-order valence-electron chi connectivity index (χ3n) is 8.94. The van der Waals surface area contributed by atoms with Crippen molar-refractivity contribution in [2.24, 2.45) is 11.8 Å². The van der Waals surface area contributed by atoms with Gasteiger partial charge in [-0.1, -0.05) is 58.0 Å². The highest BCUT2D eigenvalue weighted by Crippen LogP contribution is 2.32. The Kier molecular flexibility index (Phi) is 13.0. The first kappa shape index (κ1) is 39.4. The predicted octanol–water partition coefficient (Wildman–Crippen LogP) is 4.62. The third kappa shape index (κ3) is 9.78. The molecular formula is C35H47F2N4O7S+. The van der Waals surface area contributed by atoms with Crippen LogP contribution in [0.5, 0.6) is 0 Å². The number of imide groups is 1.